The van der Waals surface area contributed by atoms with Gasteiger partial charge in [-0.2, -0.15) is 5.10 Å². The molecule has 0 amide bonds. The lowest BCUT2D eigenvalue weighted by molar-refractivity contribution is 0.951. The van der Waals surface area contributed by atoms with Gasteiger partial charge in [0.05, 0.1) is 24.3 Å². The van der Waals surface area contributed by atoms with Crippen LogP contribution in [0.4, 0.5) is 5.82 Å². The molecule has 3 heterocycles. The fourth-order valence-corrected chi connectivity index (χ4v) is 1.53. The Bertz CT molecular complexity index is 446. The zero-order valence-corrected chi connectivity index (χ0v) is 7.51. The lowest BCUT2D eigenvalue weighted by Crippen LogP contribution is -2.20. The summed E-state index contributed by atoms with van der Waals surface area (Å²) in [5, 5.41) is 7.19. The Labute approximate surface area is 80.8 Å². The summed E-state index contributed by atoms with van der Waals surface area (Å²) in [7, 11) is 0. The Kier molecular flexibility index (Phi) is 1.50. The molecule has 70 valence electrons. The Morgan fingerprint density at radius 3 is 3.29 bits per heavy atom. The molecule has 0 fully saturated rings. The number of hydrogen-bond acceptors (Lipinski definition) is 4. The quantitative estimate of drug-likeness (QED) is 0.717. The predicted octanol–water partition coefficient (Wildman–Crippen LogP) is 0.758. The van der Waals surface area contributed by atoms with Gasteiger partial charge >= 0.3 is 0 Å². The molecule has 5 heteroatoms. The van der Waals surface area contributed by atoms with Crippen LogP contribution in [0.15, 0.2) is 23.3 Å². The maximum atomic E-state index is 4.23. The molecule has 0 atom stereocenters. The van der Waals surface area contributed by atoms with Gasteiger partial charge in [0.15, 0.2) is 5.82 Å². The van der Waals surface area contributed by atoms with Crippen molar-refractivity contribution in [1.82, 2.24) is 15.2 Å². The number of aliphatic imine (C=N–C) groups is 1. The topological polar surface area (TPSA) is 57.2 Å². The molecule has 0 aromatic rings. The lowest BCUT2D eigenvalue weighted by Gasteiger charge is -2.12. The fraction of sp³-hybridized carbons (Fsp3) is 0.222. The van der Waals surface area contributed by atoms with Crippen molar-refractivity contribution >= 4 is 12.2 Å². The van der Waals surface area contributed by atoms with Gasteiger partial charge in [-0.3, -0.25) is 15.1 Å². The highest BCUT2D eigenvalue weighted by atomic mass is 15.3. The van der Waals surface area contributed by atoms with Gasteiger partial charge in [-0.1, -0.05) is 0 Å². The zero-order valence-electron chi connectivity index (χ0n) is 7.51. The van der Waals surface area contributed by atoms with E-state index in [-0.39, 0.29) is 0 Å². The van der Waals surface area contributed by atoms with E-state index in [4.69, 9.17) is 0 Å². The van der Waals surface area contributed by atoms with Gasteiger partial charge in [0, 0.05) is 18.8 Å². The summed E-state index contributed by atoms with van der Waals surface area (Å²) in [6, 6.07) is 3.87. The van der Waals surface area contributed by atoms with E-state index in [2.05, 4.69) is 20.2 Å². The third kappa shape index (κ3) is 1.06. The maximum absolute atomic E-state index is 4.23. The third-order valence-electron chi connectivity index (χ3n) is 2.27. The van der Waals surface area contributed by atoms with Gasteiger partial charge < -0.3 is 4.90 Å². The normalized spacial score (nSPS) is 15.6. The molecule has 0 aromatic carbocycles. The van der Waals surface area contributed by atoms with Crippen molar-refractivity contribution in [3.63, 3.8) is 0 Å². The minimum absolute atomic E-state index is 0.841. The van der Waals surface area contributed by atoms with Gasteiger partial charge in [-0.05, 0) is 6.07 Å². The van der Waals surface area contributed by atoms with Crippen LogP contribution in [0, 0.1) is 0 Å². The standard InChI is InChI=1S/C9H9N5/c1-2-11-8-5-9(13-12-7(1)8)14-4-3-10-6-14/h1-2,5-6,12H,3-4H2. The fourth-order valence-electron chi connectivity index (χ4n) is 1.53. The number of nitrogens with one attached hydrogen (secondary N) is 1. The molecule has 5 nitrogen and oxygen atoms in total. The molecule has 3 rings (SSSR count). The van der Waals surface area contributed by atoms with Crippen molar-refractivity contribution in [2.45, 2.75) is 0 Å². The average molecular weight is 187 g/mol. The molecule has 1 N–H and O–H groups in total. The molecule has 0 aromatic heterocycles. The van der Waals surface area contributed by atoms with E-state index in [0.29, 0.717) is 0 Å². The smallest absolute Gasteiger partial charge is 0.156 e. The van der Waals surface area contributed by atoms with Crippen molar-refractivity contribution < 1.29 is 0 Å². The molecule has 3 aliphatic heterocycles. The second-order valence-corrected chi connectivity index (χ2v) is 3.18. The van der Waals surface area contributed by atoms with E-state index in [1.165, 1.54) is 0 Å². The van der Waals surface area contributed by atoms with Gasteiger partial charge in [0.1, 0.15) is 0 Å². The summed E-state index contributed by atoms with van der Waals surface area (Å²) >= 11 is 0. The summed E-state index contributed by atoms with van der Waals surface area (Å²) in [6.45, 7) is 1.74. The van der Waals surface area contributed by atoms with E-state index >= 15 is 0 Å². The number of H-pyrrole nitrogens is 1. The first kappa shape index (κ1) is 7.49. The molecule has 0 radical (unpaired) electrons. The number of aromatic nitrogens is 3. The van der Waals surface area contributed by atoms with Gasteiger partial charge in [0.2, 0.25) is 0 Å². The van der Waals surface area contributed by atoms with E-state index in [1.807, 2.05) is 23.4 Å². The molecule has 0 saturated heterocycles. The first-order valence-corrected chi connectivity index (χ1v) is 4.50. The van der Waals surface area contributed by atoms with E-state index < -0.39 is 0 Å². The number of fused-ring (bicyclic) bond motifs is 1. The van der Waals surface area contributed by atoms with Crippen molar-refractivity contribution in [1.29, 1.82) is 0 Å². The minimum Gasteiger partial charge on any atom is -0.314 e. The first-order chi connectivity index (χ1) is 6.93. The Morgan fingerprint density at radius 1 is 1.43 bits per heavy atom. The van der Waals surface area contributed by atoms with Crippen LogP contribution in [0.1, 0.15) is 0 Å². The van der Waals surface area contributed by atoms with Crippen LogP contribution in [0.2, 0.25) is 0 Å². The second-order valence-electron chi connectivity index (χ2n) is 3.18. The van der Waals surface area contributed by atoms with Gasteiger partial charge in [-0.15, -0.1) is 0 Å². The molecule has 14 heavy (non-hydrogen) atoms. The first-order valence-electron chi connectivity index (χ1n) is 4.50. The van der Waals surface area contributed by atoms with E-state index in [9.17, 15) is 0 Å². The maximum Gasteiger partial charge on any atom is 0.156 e. The highest BCUT2D eigenvalue weighted by Gasteiger charge is 2.12. The van der Waals surface area contributed by atoms with Crippen LogP contribution in [-0.4, -0.2) is 34.6 Å². The van der Waals surface area contributed by atoms with Gasteiger partial charge in [0.25, 0.3) is 0 Å². The van der Waals surface area contributed by atoms with Crippen molar-refractivity contribution in [3.05, 3.63) is 18.3 Å². The number of nitrogens with zero attached hydrogens (tertiary/aromatic N) is 4. The Morgan fingerprint density at radius 2 is 2.43 bits per heavy atom. The van der Waals surface area contributed by atoms with Crippen molar-refractivity contribution in [2.75, 3.05) is 18.0 Å². The lowest BCUT2D eigenvalue weighted by atomic mass is 10.3. The SMILES string of the molecule is C1=NCCN1c1cc2nccc-2[nH]n1. The summed E-state index contributed by atoms with van der Waals surface area (Å²) < 4.78 is 0. The van der Waals surface area contributed by atoms with Gasteiger partial charge in [-0.25, -0.2) is 0 Å². The van der Waals surface area contributed by atoms with Crippen molar-refractivity contribution in [2.24, 2.45) is 4.99 Å². The number of aromatic amines is 1. The highest BCUT2D eigenvalue weighted by Crippen LogP contribution is 2.20. The van der Waals surface area contributed by atoms with Crippen LogP contribution in [0.3, 0.4) is 0 Å². The molecule has 0 aliphatic carbocycles. The van der Waals surface area contributed by atoms with Crippen LogP contribution >= 0.6 is 0 Å². The predicted molar refractivity (Wildman–Crippen MR) is 53.7 cm³/mol. The Hall–Kier alpha value is -1.91. The number of hydrogen-bond donors (Lipinski definition) is 1. The average Bonchev–Trinajstić information content (AvgIpc) is 2.88. The Balaban J connectivity index is 2.05. The second kappa shape index (κ2) is 2.80. The van der Waals surface area contributed by atoms with Crippen molar-refractivity contribution in [3.8, 4) is 11.4 Å². The highest BCUT2D eigenvalue weighted by molar-refractivity contribution is 5.80. The van der Waals surface area contributed by atoms with Crippen LogP contribution < -0.4 is 4.90 Å². The summed E-state index contributed by atoms with van der Waals surface area (Å²) in [4.78, 5) is 10.3. The largest absolute Gasteiger partial charge is 0.314 e. The molecule has 0 saturated carbocycles. The van der Waals surface area contributed by atoms with Crippen LogP contribution in [-0.2, 0) is 0 Å². The van der Waals surface area contributed by atoms with Crippen LogP contribution in [0.5, 0.6) is 0 Å². The number of rotatable bonds is 1. The minimum atomic E-state index is 0.841. The van der Waals surface area contributed by atoms with Crippen LogP contribution in [0.25, 0.3) is 11.4 Å². The summed E-state index contributed by atoms with van der Waals surface area (Å²) in [5.41, 5.74) is 1.90. The van der Waals surface area contributed by atoms with E-state index in [1.54, 1.807) is 6.20 Å². The molecular formula is C9H9N5. The molecule has 0 bridgehead atoms. The number of anilines is 1. The third-order valence-corrected chi connectivity index (χ3v) is 2.27. The monoisotopic (exact) mass is 187 g/mol. The molecular weight excluding hydrogens is 178 g/mol. The molecule has 0 spiro atoms. The summed E-state index contributed by atoms with van der Waals surface area (Å²) in [5.74, 6) is 0.873. The molecule has 0 unspecified atom stereocenters. The summed E-state index contributed by atoms with van der Waals surface area (Å²) in [6.07, 6.45) is 3.58. The molecule has 3 aliphatic rings. The van der Waals surface area contributed by atoms with E-state index in [0.717, 1.165) is 30.3 Å². The zero-order chi connectivity index (χ0) is 9.38.